The van der Waals surface area contributed by atoms with Crippen molar-refractivity contribution in [1.29, 1.82) is 0 Å². The summed E-state index contributed by atoms with van der Waals surface area (Å²) in [6.07, 6.45) is 1.59. The fourth-order valence-corrected chi connectivity index (χ4v) is 5.69. The number of carbonyl (C=O) groups excluding carboxylic acids is 2. The third-order valence-corrected chi connectivity index (χ3v) is 7.52. The normalized spacial score (nSPS) is 21.0. The van der Waals surface area contributed by atoms with Gasteiger partial charge in [-0.05, 0) is 32.7 Å². The molecule has 0 radical (unpaired) electrons. The Hall–Kier alpha value is -3.31. The molecule has 1 fully saturated rings. The lowest BCUT2D eigenvalue weighted by molar-refractivity contribution is -0.150. The van der Waals surface area contributed by atoms with E-state index in [2.05, 4.69) is 31.0 Å². The Kier molecular flexibility index (Phi) is 6.43. The number of carbonyl (C=O) groups is 3. The monoisotopic (exact) mass is 509 g/mol. The molecule has 4 rings (SSSR count). The number of nitrogens with one attached hydrogen (secondary N) is 1. The van der Waals surface area contributed by atoms with Crippen molar-refractivity contribution >= 4 is 57.8 Å². The number of nitrogens with zero attached hydrogens (tertiary/aromatic N) is 7. The van der Waals surface area contributed by atoms with Crippen LogP contribution in [0, 0.1) is 4.91 Å². The largest absolute Gasteiger partial charge is 0.477 e. The van der Waals surface area contributed by atoms with Gasteiger partial charge in [0.2, 0.25) is 11.2 Å². The zero-order valence-corrected chi connectivity index (χ0v) is 19.1. The van der Waals surface area contributed by atoms with E-state index in [9.17, 15) is 24.4 Å². The molecule has 2 aromatic rings. The van der Waals surface area contributed by atoms with E-state index in [1.165, 1.54) is 33.6 Å². The van der Waals surface area contributed by atoms with Crippen molar-refractivity contribution in [3.63, 3.8) is 0 Å². The molecule has 2 aliphatic rings. The minimum atomic E-state index is -1.46. The topological polar surface area (TPSA) is 199 Å². The number of β-lactam (4-membered cyclic amide) rings is 1. The Labute approximate surface area is 197 Å². The number of rotatable bonds is 8. The van der Waals surface area contributed by atoms with E-state index in [4.69, 9.17) is 5.73 Å². The van der Waals surface area contributed by atoms with Crippen molar-refractivity contribution in [3.8, 4) is 0 Å². The first-order valence-corrected chi connectivity index (χ1v) is 11.9. The molecule has 0 spiro atoms. The second kappa shape index (κ2) is 9.28. The van der Waals surface area contributed by atoms with Gasteiger partial charge in [-0.3, -0.25) is 14.5 Å². The highest BCUT2D eigenvalue weighted by Gasteiger charge is 2.54. The van der Waals surface area contributed by atoms with Gasteiger partial charge < -0.3 is 16.2 Å². The molecule has 0 bridgehead atoms. The summed E-state index contributed by atoms with van der Waals surface area (Å²) in [7, 11) is 1.67. The Balaban J connectivity index is 1.48. The lowest BCUT2D eigenvalue weighted by atomic mass is 10.0. The number of anilines is 1. The summed E-state index contributed by atoms with van der Waals surface area (Å²) in [5, 5.41) is 29.1. The number of nitrogens with two attached hydrogens (primary N) is 1. The van der Waals surface area contributed by atoms with Crippen LogP contribution >= 0.6 is 34.9 Å². The second-order valence-electron chi connectivity index (χ2n) is 6.70. The quantitative estimate of drug-likeness (QED) is 0.247. The van der Waals surface area contributed by atoms with Crippen LogP contribution in [0.3, 0.4) is 0 Å². The summed E-state index contributed by atoms with van der Waals surface area (Å²) in [6, 6.07) is -2.46. The van der Waals surface area contributed by atoms with Gasteiger partial charge >= 0.3 is 5.97 Å². The van der Waals surface area contributed by atoms with Gasteiger partial charge in [-0.15, -0.1) is 33.1 Å². The highest BCUT2D eigenvalue weighted by atomic mass is 32.2. The number of thioether (sulfide) groups is 2. The molecule has 4 N–H and O–H groups in total. The number of tetrazole rings is 1. The van der Waals surface area contributed by atoms with Crippen LogP contribution in [-0.2, 0) is 21.4 Å². The average Bonchev–Trinajstić information content (AvgIpc) is 3.39. The summed E-state index contributed by atoms with van der Waals surface area (Å²) < 4.78 is 1.46. The highest BCUT2D eigenvalue weighted by Crippen LogP contribution is 2.41. The van der Waals surface area contributed by atoms with Gasteiger partial charge in [0.1, 0.15) is 17.1 Å². The van der Waals surface area contributed by atoms with Gasteiger partial charge in [-0.1, -0.05) is 11.8 Å². The molecule has 2 aromatic heterocycles. The van der Waals surface area contributed by atoms with Crippen LogP contribution in [0.15, 0.2) is 38.5 Å². The van der Waals surface area contributed by atoms with Crippen LogP contribution in [0.4, 0.5) is 5.13 Å². The molecule has 1 saturated heterocycles. The number of hydrogen-bond donors (Lipinski definition) is 3. The molecule has 172 valence electrons. The van der Waals surface area contributed by atoms with E-state index in [1.807, 2.05) is 0 Å². The number of fused-ring (bicyclic) bond motifs is 1. The van der Waals surface area contributed by atoms with Crippen molar-refractivity contribution in [2.75, 3.05) is 11.5 Å². The smallest absolute Gasteiger partial charge is 0.352 e. The average molecular weight is 510 g/mol. The number of carboxylic acid groups (broad SMARTS) is 1. The fraction of sp³-hybridized carbons (Fsp3) is 0.312. The maximum absolute atomic E-state index is 12.7. The Morgan fingerprint density at radius 3 is 2.88 bits per heavy atom. The van der Waals surface area contributed by atoms with Crippen molar-refractivity contribution in [3.05, 3.63) is 38.7 Å². The fourth-order valence-electron chi connectivity index (χ4n) is 3.16. The van der Waals surface area contributed by atoms with Crippen LogP contribution in [0.2, 0.25) is 0 Å². The van der Waals surface area contributed by atoms with Crippen LogP contribution in [0.25, 0.3) is 0 Å². The Bertz CT molecular complexity index is 1190. The predicted octanol–water partition coefficient (Wildman–Crippen LogP) is 0.101. The highest BCUT2D eigenvalue weighted by molar-refractivity contribution is 8.02. The number of nitrogen functional groups attached to an aromatic ring is 1. The number of amides is 2. The minimum absolute atomic E-state index is 0.0825. The first-order chi connectivity index (χ1) is 15.8. The van der Waals surface area contributed by atoms with Crippen LogP contribution in [-0.4, -0.2) is 70.1 Å². The summed E-state index contributed by atoms with van der Waals surface area (Å²) in [5.74, 6) is -2.39. The standard InChI is InChI=1S/C16H15N9O5S3/c1-24-16(20-22-23-24)31-3-2-6-4-32-13-9(12(27)25(13)10(6)14(28)29)19-11(26)8(21-30)7-5-33-15(17)18-7/h2-3,5,8-9,13H,4H2,1H3,(H2,17,18)(H,19,26)(H,28,29). The van der Waals surface area contributed by atoms with E-state index in [-0.39, 0.29) is 22.3 Å². The lowest BCUT2D eigenvalue weighted by Crippen LogP contribution is -2.70. The minimum Gasteiger partial charge on any atom is -0.477 e. The van der Waals surface area contributed by atoms with Gasteiger partial charge in [0.15, 0.2) is 5.13 Å². The maximum Gasteiger partial charge on any atom is 0.352 e. The van der Waals surface area contributed by atoms with Gasteiger partial charge in [0.25, 0.3) is 11.8 Å². The predicted molar refractivity (Wildman–Crippen MR) is 119 cm³/mol. The van der Waals surface area contributed by atoms with E-state index in [0.29, 0.717) is 10.7 Å². The number of aliphatic carboxylic acids is 1. The van der Waals surface area contributed by atoms with Gasteiger partial charge in [0, 0.05) is 18.2 Å². The molecule has 3 atom stereocenters. The van der Waals surface area contributed by atoms with E-state index >= 15 is 0 Å². The number of aryl methyl sites for hydroxylation is 1. The first-order valence-electron chi connectivity index (χ1n) is 9.12. The molecule has 3 unspecified atom stereocenters. The number of carboxylic acids is 1. The number of nitroso groups, excluding NO2 is 1. The Morgan fingerprint density at radius 2 is 2.27 bits per heavy atom. The molecular formula is C16H15N9O5S3. The number of aromatic nitrogens is 5. The molecule has 0 saturated carbocycles. The Morgan fingerprint density at radius 1 is 1.48 bits per heavy atom. The van der Waals surface area contributed by atoms with Crippen molar-refractivity contribution < 1.29 is 19.5 Å². The zero-order valence-electron chi connectivity index (χ0n) is 16.7. The molecule has 0 aromatic carbocycles. The summed E-state index contributed by atoms with van der Waals surface area (Å²) in [6.45, 7) is 0. The molecule has 0 aliphatic carbocycles. The maximum atomic E-state index is 12.7. The SMILES string of the molecule is Cn1nnnc1SC=CC1=C(C(=O)O)N2C(=O)C(NC(=O)C(N=O)c3csc(N)n3)C2SC1. The van der Waals surface area contributed by atoms with Crippen molar-refractivity contribution in [1.82, 2.24) is 35.4 Å². The number of hydrogen-bond acceptors (Lipinski definition) is 13. The van der Waals surface area contributed by atoms with Crippen molar-refractivity contribution in [2.45, 2.75) is 22.6 Å². The zero-order chi connectivity index (χ0) is 23.7. The van der Waals surface area contributed by atoms with Crippen LogP contribution < -0.4 is 11.1 Å². The van der Waals surface area contributed by atoms with E-state index < -0.39 is 35.2 Å². The van der Waals surface area contributed by atoms with Crippen molar-refractivity contribution in [2.24, 2.45) is 12.2 Å². The third kappa shape index (κ3) is 4.33. The molecule has 4 heterocycles. The summed E-state index contributed by atoms with van der Waals surface area (Å²) in [4.78, 5) is 53.4. The van der Waals surface area contributed by atoms with Crippen LogP contribution in [0.5, 0.6) is 0 Å². The van der Waals surface area contributed by atoms with E-state index in [0.717, 1.165) is 16.2 Å². The molecule has 33 heavy (non-hydrogen) atoms. The first kappa shape index (κ1) is 22.9. The second-order valence-corrected chi connectivity index (χ2v) is 9.57. The number of allylic oxidation sites excluding steroid dienone is 1. The van der Waals surface area contributed by atoms with E-state index in [1.54, 1.807) is 18.5 Å². The molecule has 17 heteroatoms. The number of thiazole rings is 1. The lowest BCUT2D eigenvalue weighted by Gasteiger charge is -2.49. The molecular weight excluding hydrogens is 494 g/mol. The van der Waals surface area contributed by atoms with Gasteiger partial charge in [-0.25, -0.2) is 14.5 Å². The van der Waals surface area contributed by atoms with Gasteiger partial charge in [-0.2, -0.15) is 0 Å². The molecule has 2 aliphatic heterocycles. The molecule has 2 amide bonds. The molecule has 14 nitrogen and oxygen atoms in total. The summed E-state index contributed by atoms with van der Waals surface area (Å²) >= 11 is 3.53. The van der Waals surface area contributed by atoms with Gasteiger partial charge in [0.05, 0.1) is 5.69 Å². The van der Waals surface area contributed by atoms with Crippen LogP contribution in [0.1, 0.15) is 11.7 Å². The third-order valence-electron chi connectivity index (χ3n) is 4.70. The summed E-state index contributed by atoms with van der Waals surface area (Å²) in [5.41, 5.74) is 5.88.